The number of para-hydroxylation sites is 1. The maximum absolute atomic E-state index is 13.8. The molecule has 0 aromatic heterocycles. The SMILES string of the molecule is I.NC(=NC1CCOc2ccccc21)NC1CC(c2ccccc2F)C1. The number of ether oxygens (including phenoxy) is 1. The Morgan fingerprint density at radius 1 is 1.08 bits per heavy atom. The number of fused-ring (bicyclic) bond motifs is 1. The van der Waals surface area contributed by atoms with Crippen molar-refractivity contribution in [3.63, 3.8) is 0 Å². The number of rotatable bonds is 3. The van der Waals surface area contributed by atoms with E-state index in [4.69, 9.17) is 10.5 Å². The van der Waals surface area contributed by atoms with Gasteiger partial charge in [-0.05, 0) is 36.5 Å². The van der Waals surface area contributed by atoms with Gasteiger partial charge in [-0.3, -0.25) is 0 Å². The number of halogens is 2. The summed E-state index contributed by atoms with van der Waals surface area (Å²) in [5, 5.41) is 3.28. The van der Waals surface area contributed by atoms with E-state index in [2.05, 4.69) is 10.3 Å². The average molecular weight is 467 g/mol. The van der Waals surface area contributed by atoms with Crippen LogP contribution in [0.5, 0.6) is 5.75 Å². The zero-order valence-electron chi connectivity index (χ0n) is 14.4. The van der Waals surface area contributed by atoms with Crippen LogP contribution in [0.2, 0.25) is 0 Å². The van der Waals surface area contributed by atoms with E-state index in [1.807, 2.05) is 36.4 Å². The van der Waals surface area contributed by atoms with Crippen LogP contribution >= 0.6 is 24.0 Å². The van der Waals surface area contributed by atoms with Crippen molar-refractivity contribution in [2.45, 2.75) is 37.3 Å². The van der Waals surface area contributed by atoms with Crippen molar-refractivity contribution in [3.05, 3.63) is 65.5 Å². The smallest absolute Gasteiger partial charge is 0.189 e. The van der Waals surface area contributed by atoms with Crippen LogP contribution in [0.3, 0.4) is 0 Å². The molecule has 2 aromatic carbocycles. The number of guanidine groups is 1. The maximum Gasteiger partial charge on any atom is 0.189 e. The molecule has 4 rings (SSSR count). The van der Waals surface area contributed by atoms with Gasteiger partial charge < -0.3 is 15.8 Å². The largest absolute Gasteiger partial charge is 0.493 e. The Labute approximate surface area is 170 Å². The Bertz CT molecular complexity index is 792. The fourth-order valence-electron chi connectivity index (χ4n) is 3.67. The summed E-state index contributed by atoms with van der Waals surface area (Å²) >= 11 is 0. The van der Waals surface area contributed by atoms with Crippen LogP contribution in [0.25, 0.3) is 0 Å². The molecule has 1 atom stereocenters. The first-order valence-electron chi connectivity index (χ1n) is 8.76. The molecule has 0 spiro atoms. The highest BCUT2D eigenvalue weighted by molar-refractivity contribution is 14.0. The van der Waals surface area contributed by atoms with Gasteiger partial charge in [0.25, 0.3) is 0 Å². The van der Waals surface area contributed by atoms with Gasteiger partial charge in [-0.15, -0.1) is 24.0 Å². The summed E-state index contributed by atoms with van der Waals surface area (Å²) < 4.78 is 19.5. The Morgan fingerprint density at radius 3 is 2.54 bits per heavy atom. The molecule has 6 heteroatoms. The zero-order valence-corrected chi connectivity index (χ0v) is 16.7. The van der Waals surface area contributed by atoms with Gasteiger partial charge in [0.2, 0.25) is 0 Å². The molecule has 1 saturated carbocycles. The molecular weight excluding hydrogens is 444 g/mol. The van der Waals surface area contributed by atoms with Gasteiger partial charge >= 0.3 is 0 Å². The number of nitrogens with zero attached hydrogens (tertiary/aromatic N) is 1. The molecule has 138 valence electrons. The van der Waals surface area contributed by atoms with Crippen molar-refractivity contribution in [2.75, 3.05) is 6.61 Å². The quantitative estimate of drug-likeness (QED) is 0.406. The zero-order chi connectivity index (χ0) is 17.2. The van der Waals surface area contributed by atoms with Crippen LogP contribution in [0.4, 0.5) is 4.39 Å². The molecule has 26 heavy (non-hydrogen) atoms. The number of nitrogens with one attached hydrogen (secondary N) is 1. The minimum absolute atomic E-state index is 0. The van der Waals surface area contributed by atoms with Gasteiger partial charge in [0.05, 0.1) is 12.6 Å². The molecular formula is C20H23FIN3O. The second kappa shape index (κ2) is 8.24. The van der Waals surface area contributed by atoms with E-state index in [9.17, 15) is 4.39 Å². The minimum atomic E-state index is -0.119. The monoisotopic (exact) mass is 467 g/mol. The topological polar surface area (TPSA) is 59.6 Å². The highest BCUT2D eigenvalue weighted by Gasteiger charge is 2.32. The standard InChI is InChI=1S/C20H22FN3O.HI/c21-17-7-3-1-5-15(17)13-11-14(12-13)23-20(22)24-18-9-10-25-19-8-4-2-6-16(18)19;/h1-8,13-14,18H,9-12H2,(H3,22,23,24);1H. The van der Waals surface area contributed by atoms with Gasteiger partial charge in [-0.2, -0.15) is 0 Å². The Hall–Kier alpha value is -1.83. The lowest BCUT2D eigenvalue weighted by Gasteiger charge is -2.36. The number of hydrogen-bond donors (Lipinski definition) is 2. The lowest BCUT2D eigenvalue weighted by atomic mass is 9.76. The summed E-state index contributed by atoms with van der Waals surface area (Å²) in [6.45, 7) is 0.650. The van der Waals surface area contributed by atoms with Crippen molar-refractivity contribution in [3.8, 4) is 5.75 Å². The summed E-state index contributed by atoms with van der Waals surface area (Å²) in [5.74, 6) is 1.49. The van der Waals surface area contributed by atoms with Crippen molar-refractivity contribution in [2.24, 2.45) is 10.7 Å². The molecule has 1 aliphatic heterocycles. The van der Waals surface area contributed by atoms with E-state index in [1.54, 1.807) is 6.07 Å². The first kappa shape index (κ1) is 18.9. The Kier molecular flexibility index (Phi) is 6.01. The lowest BCUT2D eigenvalue weighted by Crippen LogP contribution is -2.47. The van der Waals surface area contributed by atoms with Crippen molar-refractivity contribution < 1.29 is 9.13 Å². The predicted octanol–water partition coefficient (Wildman–Crippen LogP) is 4.12. The van der Waals surface area contributed by atoms with Gasteiger partial charge in [0.15, 0.2) is 5.96 Å². The normalized spacial score (nSPS) is 24.5. The fourth-order valence-corrected chi connectivity index (χ4v) is 3.67. The van der Waals surface area contributed by atoms with Crippen LogP contribution < -0.4 is 15.8 Å². The predicted molar refractivity (Wildman–Crippen MR) is 112 cm³/mol. The van der Waals surface area contributed by atoms with Gasteiger partial charge in [0, 0.05) is 18.0 Å². The fraction of sp³-hybridized carbons (Fsp3) is 0.350. The highest BCUT2D eigenvalue weighted by Crippen LogP contribution is 2.38. The van der Waals surface area contributed by atoms with E-state index in [0.29, 0.717) is 12.6 Å². The third-order valence-corrected chi connectivity index (χ3v) is 5.06. The number of benzene rings is 2. The van der Waals surface area contributed by atoms with Gasteiger partial charge in [-0.1, -0.05) is 36.4 Å². The minimum Gasteiger partial charge on any atom is -0.493 e. The van der Waals surface area contributed by atoms with Gasteiger partial charge in [-0.25, -0.2) is 9.38 Å². The van der Waals surface area contributed by atoms with Crippen LogP contribution in [-0.2, 0) is 0 Å². The molecule has 0 amide bonds. The third-order valence-electron chi connectivity index (χ3n) is 5.06. The second-order valence-electron chi connectivity index (χ2n) is 6.74. The summed E-state index contributed by atoms with van der Waals surface area (Å²) in [5.41, 5.74) is 7.99. The van der Waals surface area contributed by atoms with E-state index in [0.717, 1.165) is 36.1 Å². The van der Waals surface area contributed by atoms with E-state index < -0.39 is 0 Å². The second-order valence-corrected chi connectivity index (χ2v) is 6.74. The molecule has 0 radical (unpaired) electrons. The van der Waals surface area contributed by atoms with Crippen LogP contribution in [0.15, 0.2) is 53.5 Å². The van der Waals surface area contributed by atoms with Crippen LogP contribution in [-0.4, -0.2) is 18.6 Å². The lowest BCUT2D eigenvalue weighted by molar-refractivity contribution is 0.269. The van der Waals surface area contributed by atoms with E-state index >= 15 is 0 Å². The molecule has 1 unspecified atom stereocenters. The number of aliphatic imine (C=N–C) groups is 1. The Balaban J connectivity index is 0.00000196. The van der Waals surface area contributed by atoms with Gasteiger partial charge in [0.1, 0.15) is 11.6 Å². The molecule has 2 aromatic rings. The van der Waals surface area contributed by atoms with Crippen LogP contribution in [0.1, 0.15) is 42.3 Å². The molecule has 2 aliphatic rings. The summed E-state index contributed by atoms with van der Waals surface area (Å²) in [4.78, 5) is 4.64. The van der Waals surface area contributed by atoms with Crippen molar-refractivity contribution in [1.82, 2.24) is 5.32 Å². The highest BCUT2D eigenvalue weighted by atomic mass is 127. The van der Waals surface area contributed by atoms with Crippen LogP contribution in [0, 0.1) is 5.82 Å². The summed E-state index contributed by atoms with van der Waals surface area (Å²) in [6, 6.07) is 15.2. The maximum atomic E-state index is 13.8. The first-order valence-corrected chi connectivity index (χ1v) is 8.76. The summed E-state index contributed by atoms with van der Waals surface area (Å²) in [6.07, 6.45) is 2.57. The van der Waals surface area contributed by atoms with Crippen molar-refractivity contribution in [1.29, 1.82) is 0 Å². The molecule has 1 aliphatic carbocycles. The molecule has 0 bridgehead atoms. The number of hydrogen-bond acceptors (Lipinski definition) is 2. The van der Waals surface area contributed by atoms with E-state index in [-0.39, 0.29) is 47.8 Å². The molecule has 0 saturated heterocycles. The molecule has 3 N–H and O–H groups in total. The average Bonchev–Trinajstić information content (AvgIpc) is 2.59. The van der Waals surface area contributed by atoms with Crippen molar-refractivity contribution >= 4 is 29.9 Å². The third kappa shape index (κ3) is 3.95. The molecule has 1 fully saturated rings. The molecule has 1 heterocycles. The summed E-state index contributed by atoms with van der Waals surface area (Å²) in [7, 11) is 0. The Morgan fingerprint density at radius 2 is 1.77 bits per heavy atom. The number of nitrogens with two attached hydrogens (primary N) is 1. The van der Waals surface area contributed by atoms with E-state index in [1.165, 1.54) is 6.07 Å². The molecule has 4 nitrogen and oxygen atoms in total. The first-order chi connectivity index (χ1) is 12.2.